The van der Waals surface area contributed by atoms with Crippen molar-refractivity contribution in [2.45, 2.75) is 6.92 Å². The SMILES string of the molecule is CF.COc1ccc(-c2ccc(C)cc2)cc1. The second kappa shape index (κ2) is 6.69. The van der Waals surface area contributed by atoms with Crippen LogP contribution in [0.15, 0.2) is 48.5 Å². The minimum Gasteiger partial charge on any atom is -0.497 e. The highest BCUT2D eigenvalue weighted by molar-refractivity contribution is 5.64. The molecular weight excluding hydrogens is 215 g/mol. The maximum atomic E-state index is 9.50. The first kappa shape index (κ1) is 13.2. The topological polar surface area (TPSA) is 9.23 Å². The van der Waals surface area contributed by atoms with Crippen LogP contribution in [-0.4, -0.2) is 14.3 Å². The van der Waals surface area contributed by atoms with Crippen LogP contribution in [0.1, 0.15) is 5.56 Å². The first-order valence-electron chi connectivity index (χ1n) is 5.38. The van der Waals surface area contributed by atoms with E-state index in [9.17, 15) is 4.39 Å². The first-order valence-corrected chi connectivity index (χ1v) is 5.38. The Balaban J connectivity index is 0.000000686. The van der Waals surface area contributed by atoms with E-state index >= 15 is 0 Å². The summed E-state index contributed by atoms with van der Waals surface area (Å²) in [7, 11) is 2.18. The molecule has 0 aliphatic rings. The van der Waals surface area contributed by atoms with Gasteiger partial charge < -0.3 is 4.74 Å². The largest absolute Gasteiger partial charge is 0.497 e. The molecule has 0 aliphatic heterocycles. The summed E-state index contributed by atoms with van der Waals surface area (Å²) in [5, 5.41) is 0. The van der Waals surface area contributed by atoms with Crippen LogP contribution in [0.25, 0.3) is 11.1 Å². The predicted octanol–water partition coefficient (Wildman–Crippen LogP) is 4.26. The van der Waals surface area contributed by atoms with Gasteiger partial charge in [0.1, 0.15) is 5.75 Å². The third kappa shape index (κ3) is 3.59. The van der Waals surface area contributed by atoms with Crippen molar-refractivity contribution < 1.29 is 9.13 Å². The molecule has 1 nitrogen and oxygen atoms in total. The van der Waals surface area contributed by atoms with E-state index in [1.807, 2.05) is 12.1 Å². The van der Waals surface area contributed by atoms with Gasteiger partial charge in [-0.15, -0.1) is 0 Å². The van der Waals surface area contributed by atoms with Crippen molar-refractivity contribution in [1.82, 2.24) is 0 Å². The lowest BCUT2D eigenvalue weighted by Gasteiger charge is -2.03. The maximum absolute atomic E-state index is 9.50. The Kier molecular flexibility index (Phi) is 5.21. The fourth-order valence-electron chi connectivity index (χ4n) is 1.53. The minimum atomic E-state index is 0.500. The Morgan fingerprint density at radius 3 is 1.59 bits per heavy atom. The summed E-state index contributed by atoms with van der Waals surface area (Å²) >= 11 is 0. The number of hydrogen-bond acceptors (Lipinski definition) is 1. The number of aryl methyl sites for hydroxylation is 1. The molecule has 0 fully saturated rings. The number of methoxy groups -OCH3 is 1. The van der Waals surface area contributed by atoms with E-state index in [2.05, 4.69) is 43.3 Å². The van der Waals surface area contributed by atoms with Crippen molar-refractivity contribution in [2.75, 3.05) is 14.3 Å². The third-order valence-corrected chi connectivity index (χ3v) is 2.47. The van der Waals surface area contributed by atoms with Gasteiger partial charge in [0.15, 0.2) is 0 Å². The molecule has 2 rings (SSSR count). The van der Waals surface area contributed by atoms with Gasteiger partial charge in [0, 0.05) is 0 Å². The predicted molar refractivity (Wildman–Crippen MR) is 70.2 cm³/mol. The molecule has 2 heteroatoms. The van der Waals surface area contributed by atoms with Crippen molar-refractivity contribution >= 4 is 0 Å². The van der Waals surface area contributed by atoms with E-state index in [0.717, 1.165) is 5.75 Å². The van der Waals surface area contributed by atoms with Crippen LogP contribution in [0.3, 0.4) is 0 Å². The van der Waals surface area contributed by atoms with Crippen LogP contribution in [0.2, 0.25) is 0 Å². The lowest BCUT2D eigenvalue weighted by Crippen LogP contribution is -1.82. The molecule has 0 amide bonds. The number of benzene rings is 2. The molecule has 0 bridgehead atoms. The first-order chi connectivity index (χ1) is 8.29. The fourth-order valence-corrected chi connectivity index (χ4v) is 1.53. The van der Waals surface area contributed by atoms with Gasteiger partial charge in [-0.25, -0.2) is 0 Å². The highest BCUT2D eigenvalue weighted by Gasteiger charge is 1.97. The van der Waals surface area contributed by atoms with Crippen molar-refractivity contribution in [3.63, 3.8) is 0 Å². The van der Waals surface area contributed by atoms with Crippen molar-refractivity contribution in [2.24, 2.45) is 0 Å². The summed E-state index contributed by atoms with van der Waals surface area (Å²) in [5.74, 6) is 0.894. The van der Waals surface area contributed by atoms with E-state index < -0.39 is 0 Å². The average molecular weight is 232 g/mol. The lowest BCUT2D eigenvalue weighted by molar-refractivity contribution is 0.415. The highest BCUT2D eigenvalue weighted by atomic mass is 19.1. The smallest absolute Gasteiger partial charge is 0.118 e. The molecule has 0 aliphatic carbocycles. The summed E-state index contributed by atoms with van der Waals surface area (Å²) in [5.41, 5.74) is 3.74. The summed E-state index contributed by atoms with van der Waals surface area (Å²) < 4.78 is 14.6. The van der Waals surface area contributed by atoms with Gasteiger partial charge in [0.05, 0.1) is 14.3 Å². The summed E-state index contributed by atoms with van der Waals surface area (Å²) in [6, 6.07) is 16.6. The van der Waals surface area contributed by atoms with E-state index in [1.54, 1.807) is 7.11 Å². The molecule has 90 valence electrons. The zero-order valence-corrected chi connectivity index (χ0v) is 10.4. The van der Waals surface area contributed by atoms with Gasteiger partial charge in [0.2, 0.25) is 0 Å². The number of alkyl halides is 1. The molecule has 2 aromatic carbocycles. The molecule has 0 saturated heterocycles. The third-order valence-electron chi connectivity index (χ3n) is 2.47. The Hall–Kier alpha value is -1.83. The van der Waals surface area contributed by atoms with Crippen LogP contribution >= 0.6 is 0 Å². The molecule has 17 heavy (non-hydrogen) atoms. The van der Waals surface area contributed by atoms with Crippen molar-refractivity contribution in [3.8, 4) is 16.9 Å². The molecule has 0 atom stereocenters. The molecule has 0 spiro atoms. The van der Waals surface area contributed by atoms with E-state index in [1.165, 1.54) is 16.7 Å². The summed E-state index contributed by atoms with van der Waals surface area (Å²) in [4.78, 5) is 0. The van der Waals surface area contributed by atoms with Gasteiger partial charge in [-0.1, -0.05) is 42.0 Å². The van der Waals surface area contributed by atoms with Crippen molar-refractivity contribution in [1.29, 1.82) is 0 Å². The summed E-state index contributed by atoms with van der Waals surface area (Å²) in [6.45, 7) is 2.10. The quantitative estimate of drug-likeness (QED) is 0.751. The van der Waals surface area contributed by atoms with Gasteiger partial charge in [0.25, 0.3) is 0 Å². The van der Waals surface area contributed by atoms with E-state index in [4.69, 9.17) is 4.74 Å². The maximum Gasteiger partial charge on any atom is 0.118 e. The second-order valence-corrected chi connectivity index (χ2v) is 3.59. The molecule has 0 unspecified atom stereocenters. The minimum absolute atomic E-state index is 0.500. The van der Waals surface area contributed by atoms with Crippen LogP contribution in [-0.2, 0) is 0 Å². The zero-order chi connectivity index (χ0) is 12.7. The van der Waals surface area contributed by atoms with Gasteiger partial charge >= 0.3 is 0 Å². The number of hydrogen-bond donors (Lipinski definition) is 0. The van der Waals surface area contributed by atoms with Crippen LogP contribution < -0.4 is 4.74 Å². The molecule has 0 N–H and O–H groups in total. The molecule has 0 aromatic heterocycles. The number of rotatable bonds is 2. The molecule has 0 saturated carbocycles. The fraction of sp³-hybridized carbons (Fsp3) is 0.200. The Labute approximate surface area is 102 Å². The van der Waals surface area contributed by atoms with E-state index in [-0.39, 0.29) is 0 Å². The van der Waals surface area contributed by atoms with Gasteiger partial charge in [-0.3, -0.25) is 4.39 Å². The normalized spacial score (nSPS) is 9.18. The molecule has 0 heterocycles. The summed E-state index contributed by atoms with van der Waals surface area (Å²) in [6.07, 6.45) is 0. The lowest BCUT2D eigenvalue weighted by atomic mass is 10.0. The second-order valence-electron chi connectivity index (χ2n) is 3.59. The Morgan fingerprint density at radius 1 is 0.765 bits per heavy atom. The number of ether oxygens (including phenoxy) is 1. The van der Waals surface area contributed by atoms with Crippen LogP contribution in [0.4, 0.5) is 4.39 Å². The van der Waals surface area contributed by atoms with E-state index in [0.29, 0.717) is 7.18 Å². The highest BCUT2D eigenvalue weighted by Crippen LogP contribution is 2.22. The monoisotopic (exact) mass is 232 g/mol. The van der Waals surface area contributed by atoms with Gasteiger partial charge in [-0.2, -0.15) is 0 Å². The standard InChI is InChI=1S/C14H14O.CH3F/c1-11-3-5-12(6-4-11)13-7-9-14(15-2)10-8-13;1-2/h3-10H,1-2H3;1H3. The molecule has 0 radical (unpaired) electrons. The molecule has 2 aromatic rings. The Bertz CT molecular complexity index is 431. The van der Waals surface area contributed by atoms with Gasteiger partial charge in [-0.05, 0) is 30.2 Å². The van der Waals surface area contributed by atoms with Crippen LogP contribution in [0, 0.1) is 6.92 Å². The molecular formula is C15H17FO. The zero-order valence-electron chi connectivity index (χ0n) is 10.4. The number of halogens is 1. The van der Waals surface area contributed by atoms with Crippen molar-refractivity contribution in [3.05, 3.63) is 54.1 Å². The average Bonchev–Trinajstić information content (AvgIpc) is 2.42. The Morgan fingerprint density at radius 2 is 1.18 bits per heavy atom. The van der Waals surface area contributed by atoms with Crippen LogP contribution in [0.5, 0.6) is 5.75 Å².